The van der Waals surface area contributed by atoms with Gasteiger partial charge in [0.1, 0.15) is 11.1 Å². The molecule has 0 saturated carbocycles. The predicted molar refractivity (Wildman–Crippen MR) is 62.9 cm³/mol. The molecule has 1 aliphatic rings. The molecule has 2 amide bonds. The molecule has 0 aromatic carbocycles. The van der Waals surface area contributed by atoms with Crippen molar-refractivity contribution in [1.29, 1.82) is 0 Å². The summed E-state index contributed by atoms with van der Waals surface area (Å²) in [4.78, 5) is 26.1. The van der Waals surface area contributed by atoms with E-state index >= 15 is 0 Å². The Bertz CT molecular complexity index is 312. The summed E-state index contributed by atoms with van der Waals surface area (Å²) in [6.45, 7) is 9.94. The van der Waals surface area contributed by atoms with E-state index in [4.69, 9.17) is 0 Å². The van der Waals surface area contributed by atoms with E-state index in [0.29, 0.717) is 13.0 Å². The Labute approximate surface area is 97.4 Å². The minimum atomic E-state index is -0.777. The Morgan fingerprint density at radius 3 is 2.19 bits per heavy atom. The van der Waals surface area contributed by atoms with E-state index in [0.717, 1.165) is 6.42 Å². The van der Waals surface area contributed by atoms with Crippen molar-refractivity contribution in [1.82, 2.24) is 10.2 Å². The number of piperazine rings is 1. The number of nitrogens with one attached hydrogen (secondary N) is 1. The summed E-state index contributed by atoms with van der Waals surface area (Å²) in [5, 5.41) is 2.81. The quantitative estimate of drug-likeness (QED) is 0.788. The molecule has 1 heterocycles. The normalized spacial score (nSPS) is 29.2. The molecule has 1 fully saturated rings. The first-order chi connectivity index (χ1) is 7.29. The lowest BCUT2D eigenvalue weighted by Crippen LogP contribution is -2.73. The van der Waals surface area contributed by atoms with E-state index in [-0.39, 0.29) is 11.8 Å². The van der Waals surface area contributed by atoms with Gasteiger partial charge in [0, 0.05) is 6.54 Å². The highest BCUT2D eigenvalue weighted by atomic mass is 16.2. The molecule has 0 bridgehead atoms. The van der Waals surface area contributed by atoms with Crippen molar-refractivity contribution in [2.45, 2.75) is 58.5 Å². The lowest BCUT2D eigenvalue weighted by atomic mass is 9.86. The van der Waals surface area contributed by atoms with E-state index in [1.807, 2.05) is 20.8 Å². The van der Waals surface area contributed by atoms with Crippen LogP contribution in [0, 0.1) is 0 Å². The van der Waals surface area contributed by atoms with Crippen LogP contribution in [0.15, 0.2) is 0 Å². The summed E-state index contributed by atoms with van der Waals surface area (Å²) in [5.74, 6) is -0.0358. The molecule has 92 valence electrons. The fourth-order valence-corrected chi connectivity index (χ4v) is 2.08. The van der Waals surface area contributed by atoms with Crippen LogP contribution >= 0.6 is 0 Å². The number of hydrogen-bond donors (Lipinski definition) is 1. The summed E-state index contributed by atoms with van der Waals surface area (Å²) in [6, 6.07) is 0. The molecule has 4 nitrogen and oxygen atoms in total. The van der Waals surface area contributed by atoms with Crippen molar-refractivity contribution in [2.24, 2.45) is 0 Å². The van der Waals surface area contributed by atoms with Gasteiger partial charge in [0.15, 0.2) is 0 Å². The van der Waals surface area contributed by atoms with Crippen LogP contribution in [0.5, 0.6) is 0 Å². The van der Waals surface area contributed by atoms with Gasteiger partial charge in [-0.15, -0.1) is 0 Å². The first kappa shape index (κ1) is 13.0. The Morgan fingerprint density at radius 2 is 1.75 bits per heavy atom. The van der Waals surface area contributed by atoms with Crippen LogP contribution in [0.3, 0.4) is 0 Å². The van der Waals surface area contributed by atoms with E-state index in [1.165, 1.54) is 0 Å². The van der Waals surface area contributed by atoms with Crippen molar-refractivity contribution < 1.29 is 9.59 Å². The van der Waals surface area contributed by atoms with Crippen LogP contribution in [-0.2, 0) is 9.59 Å². The minimum Gasteiger partial charge on any atom is -0.340 e. The molecule has 1 N–H and O–H groups in total. The number of amides is 2. The molecule has 0 aromatic rings. The van der Waals surface area contributed by atoms with E-state index in [9.17, 15) is 9.59 Å². The third kappa shape index (κ3) is 1.81. The molecule has 0 aliphatic carbocycles. The first-order valence-corrected chi connectivity index (χ1v) is 5.94. The van der Waals surface area contributed by atoms with Crippen LogP contribution in [0.1, 0.15) is 47.5 Å². The van der Waals surface area contributed by atoms with Gasteiger partial charge < -0.3 is 10.2 Å². The van der Waals surface area contributed by atoms with Crippen LogP contribution in [0.2, 0.25) is 0 Å². The molecule has 1 unspecified atom stereocenters. The molecular formula is C12H22N2O2. The summed E-state index contributed by atoms with van der Waals surface area (Å²) >= 11 is 0. The summed E-state index contributed by atoms with van der Waals surface area (Å²) in [6.07, 6.45) is 1.51. The maximum Gasteiger partial charge on any atom is 0.248 e. The Kier molecular flexibility index (Phi) is 3.31. The molecular weight excluding hydrogens is 204 g/mol. The molecule has 1 aliphatic heterocycles. The summed E-state index contributed by atoms with van der Waals surface area (Å²) in [5.41, 5.74) is -1.47. The van der Waals surface area contributed by atoms with Crippen molar-refractivity contribution in [3.8, 4) is 0 Å². The predicted octanol–water partition coefficient (Wildman–Crippen LogP) is 1.30. The van der Waals surface area contributed by atoms with Gasteiger partial charge >= 0.3 is 0 Å². The molecule has 0 aromatic heterocycles. The van der Waals surface area contributed by atoms with E-state index in [2.05, 4.69) is 5.32 Å². The Morgan fingerprint density at radius 1 is 1.19 bits per heavy atom. The third-order valence-electron chi connectivity index (χ3n) is 3.43. The zero-order chi connectivity index (χ0) is 12.6. The van der Waals surface area contributed by atoms with E-state index in [1.54, 1.807) is 18.7 Å². The third-order valence-corrected chi connectivity index (χ3v) is 3.43. The second-order valence-electron chi connectivity index (χ2n) is 5.16. The van der Waals surface area contributed by atoms with Gasteiger partial charge in [-0.3, -0.25) is 9.59 Å². The topological polar surface area (TPSA) is 49.4 Å². The maximum atomic E-state index is 12.3. The smallest absolute Gasteiger partial charge is 0.248 e. The standard InChI is InChI=1S/C12H22N2O2/c1-6-8-14-10(16)11(3,4)13-9(15)12(14,5)7-2/h6-8H2,1-5H3,(H,13,15). The van der Waals surface area contributed by atoms with E-state index < -0.39 is 11.1 Å². The SMILES string of the molecule is CCCN1C(=O)C(C)(C)NC(=O)C1(C)CC. The fraction of sp³-hybridized carbons (Fsp3) is 0.833. The van der Waals surface area contributed by atoms with Crippen LogP contribution in [-0.4, -0.2) is 34.3 Å². The average Bonchev–Trinajstić information content (AvgIpc) is 2.21. The van der Waals surface area contributed by atoms with Crippen molar-refractivity contribution in [3.05, 3.63) is 0 Å². The summed E-state index contributed by atoms with van der Waals surface area (Å²) < 4.78 is 0. The Balaban J connectivity index is 3.12. The molecule has 1 rings (SSSR count). The second kappa shape index (κ2) is 4.07. The molecule has 1 saturated heterocycles. The number of carbonyl (C=O) groups is 2. The average molecular weight is 226 g/mol. The van der Waals surface area contributed by atoms with Gasteiger partial charge in [-0.05, 0) is 33.6 Å². The van der Waals surface area contributed by atoms with Gasteiger partial charge in [0.05, 0.1) is 0 Å². The van der Waals surface area contributed by atoms with Crippen LogP contribution in [0.25, 0.3) is 0 Å². The molecule has 0 radical (unpaired) electrons. The van der Waals surface area contributed by atoms with Crippen molar-refractivity contribution in [3.63, 3.8) is 0 Å². The van der Waals surface area contributed by atoms with Crippen LogP contribution in [0.4, 0.5) is 0 Å². The molecule has 1 atom stereocenters. The highest BCUT2D eigenvalue weighted by molar-refractivity contribution is 6.01. The fourth-order valence-electron chi connectivity index (χ4n) is 2.08. The summed E-state index contributed by atoms with van der Waals surface area (Å²) in [7, 11) is 0. The zero-order valence-electron chi connectivity index (χ0n) is 10.9. The van der Waals surface area contributed by atoms with Crippen molar-refractivity contribution in [2.75, 3.05) is 6.54 Å². The van der Waals surface area contributed by atoms with Gasteiger partial charge in [-0.1, -0.05) is 13.8 Å². The number of nitrogens with zero attached hydrogens (tertiary/aromatic N) is 1. The number of rotatable bonds is 3. The largest absolute Gasteiger partial charge is 0.340 e. The highest BCUT2D eigenvalue weighted by Gasteiger charge is 2.51. The lowest BCUT2D eigenvalue weighted by Gasteiger charge is -2.48. The lowest BCUT2D eigenvalue weighted by molar-refractivity contribution is -0.160. The number of hydrogen-bond acceptors (Lipinski definition) is 2. The van der Waals surface area contributed by atoms with Gasteiger partial charge in [0.25, 0.3) is 0 Å². The van der Waals surface area contributed by atoms with Gasteiger partial charge in [-0.2, -0.15) is 0 Å². The monoisotopic (exact) mass is 226 g/mol. The van der Waals surface area contributed by atoms with Gasteiger partial charge in [-0.25, -0.2) is 0 Å². The second-order valence-corrected chi connectivity index (χ2v) is 5.16. The molecule has 0 spiro atoms. The maximum absolute atomic E-state index is 12.3. The van der Waals surface area contributed by atoms with Crippen LogP contribution < -0.4 is 5.32 Å². The van der Waals surface area contributed by atoms with Gasteiger partial charge in [0.2, 0.25) is 11.8 Å². The molecule has 4 heteroatoms. The van der Waals surface area contributed by atoms with Crippen molar-refractivity contribution >= 4 is 11.8 Å². The minimum absolute atomic E-state index is 0.0123. The first-order valence-electron chi connectivity index (χ1n) is 5.94. The molecule has 16 heavy (non-hydrogen) atoms. The Hall–Kier alpha value is -1.06. The highest BCUT2D eigenvalue weighted by Crippen LogP contribution is 2.28. The zero-order valence-corrected chi connectivity index (χ0v) is 10.9. The number of carbonyl (C=O) groups excluding carboxylic acids is 2.